The number of hydrogen-bond donors (Lipinski definition) is 0. The molecule has 134 valence electrons. The van der Waals surface area contributed by atoms with E-state index in [4.69, 9.17) is 0 Å². The zero-order valence-electron chi connectivity index (χ0n) is 16.9. The third-order valence-corrected chi connectivity index (χ3v) is 4.35. The van der Waals surface area contributed by atoms with Gasteiger partial charge in [0.2, 0.25) is 0 Å². The van der Waals surface area contributed by atoms with Crippen molar-refractivity contribution in [2.24, 2.45) is 0 Å². The van der Waals surface area contributed by atoms with Crippen LogP contribution >= 0.6 is 0 Å². The van der Waals surface area contributed by atoms with Crippen molar-refractivity contribution in [1.82, 2.24) is 0 Å². The van der Waals surface area contributed by atoms with Crippen LogP contribution in [0.3, 0.4) is 0 Å². The number of rotatable bonds is 1. The predicted octanol–water partition coefficient (Wildman–Crippen LogP) is 8.33. The van der Waals surface area contributed by atoms with Crippen molar-refractivity contribution in [1.29, 1.82) is 0 Å². The Hall–Kier alpha value is -2.60. The van der Waals surface area contributed by atoms with Gasteiger partial charge < -0.3 is 0 Å². The fourth-order valence-corrected chi connectivity index (χ4v) is 3.25. The van der Waals surface area contributed by atoms with Crippen LogP contribution < -0.4 is 0 Å². The van der Waals surface area contributed by atoms with Gasteiger partial charge in [0.05, 0.1) is 0 Å². The summed E-state index contributed by atoms with van der Waals surface area (Å²) in [6.45, 7) is 12.3. The van der Waals surface area contributed by atoms with Crippen LogP contribution in [0.25, 0.3) is 32.7 Å². The average Bonchev–Trinajstić information content (AvgIpc) is 2.70. The van der Waals surface area contributed by atoms with E-state index in [-0.39, 0.29) is 0 Å². The minimum atomic E-state index is 1.28. The molecular weight excluding hydrogens is 312 g/mol. The predicted molar refractivity (Wildman–Crippen MR) is 119 cm³/mol. The van der Waals surface area contributed by atoms with Crippen molar-refractivity contribution in [2.75, 3.05) is 0 Å². The van der Waals surface area contributed by atoms with Gasteiger partial charge in [-0.2, -0.15) is 0 Å². The quantitative estimate of drug-likeness (QED) is 0.305. The lowest BCUT2D eigenvalue weighted by atomic mass is 9.92. The van der Waals surface area contributed by atoms with Crippen LogP contribution in [-0.4, -0.2) is 0 Å². The van der Waals surface area contributed by atoms with Crippen LogP contribution in [-0.2, 0) is 0 Å². The second-order valence-electron chi connectivity index (χ2n) is 6.06. The van der Waals surface area contributed by atoms with Gasteiger partial charge in [0.1, 0.15) is 0 Å². The van der Waals surface area contributed by atoms with Crippen LogP contribution in [0, 0.1) is 13.8 Å². The third kappa shape index (κ3) is 3.96. The van der Waals surface area contributed by atoms with E-state index in [0.29, 0.717) is 0 Å². The fourth-order valence-electron chi connectivity index (χ4n) is 3.25. The van der Waals surface area contributed by atoms with Crippen molar-refractivity contribution >= 4 is 21.5 Å². The van der Waals surface area contributed by atoms with Crippen molar-refractivity contribution in [3.63, 3.8) is 0 Å². The highest BCUT2D eigenvalue weighted by atomic mass is 14.1. The lowest BCUT2D eigenvalue weighted by Gasteiger charge is -2.12. The third-order valence-electron chi connectivity index (χ3n) is 4.35. The van der Waals surface area contributed by atoms with Gasteiger partial charge in [-0.15, -0.1) is 0 Å². The van der Waals surface area contributed by atoms with E-state index < -0.39 is 0 Å². The Labute approximate surface area is 158 Å². The molecule has 26 heavy (non-hydrogen) atoms. The normalized spacial score (nSPS) is 9.92. The molecule has 0 spiro atoms. The summed E-state index contributed by atoms with van der Waals surface area (Å²) >= 11 is 0. The molecule has 4 aromatic rings. The molecule has 0 aliphatic rings. The van der Waals surface area contributed by atoms with E-state index in [1.165, 1.54) is 43.8 Å². The Kier molecular flexibility index (Phi) is 6.97. The van der Waals surface area contributed by atoms with Gasteiger partial charge >= 0.3 is 0 Å². The lowest BCUT2D eigenvalue weighted by molar-refractivity contribution is 1.50. The van der Waals surface area contributed by atoms with Gasteiger partial charge in [-0.1, -0.05) is 106 Å². The van der Waals surface area contributed by atoms with Gasteiger partial charge in [-0.25, -0.2) is 0 Å². The number of aryl methyl sites for hydroxylation is 2. The van der Waals surface area contributed by atoms with Crippen molar-refractivity contribution in [3.8, 4) is 11.1 Å². The summed E-state index contributed by atoms with van der Waals surface area (Å²) in [5, 5.41) is 5.32. The molecule has 0 amide bonds. The van der Waals surface area contributed by atoms with E-state index in [1.54, 1.807) is 0 Å². The van der Waals surface area contributed by atoms with Crippen LogP contribution in [0.2, 0.25) is 0 Å². The monoisotopic (exact) mass is 342 g/mol. The molecule has 0 aliphatic carbocycles. The highest BCUT2D eigenvalue weighted by Crippen LogP contribution is 2.35. The second kappa shape index (κ2) is 9.20. The van der Waals surface area contributed by atoms with Crippen LogP contribution in [0.1, 0.15) is 38.8 Å². The Bertz CT molecular complexity index is 979. The standard InChI is InChI=1S/C22H18.2C2H6/c1-15-8-10-19-18(12-15)14-21(17-6-4-3-5-7-17)22-13-16(2)9-11-20(19)22;2*1-2/h3-14H,1-2H3;2*1-2H3. The van der Waals surface area contributed by atoms with Gasteiger partial charge in [0.15, 0.2) is 0 Å². The number of benzene rings is 4. The Morgan fingerprint density at radius 2 is 1.08 bits per heavy atom. The first-order chi connectivity index (χ1) is 12.7. The van der Waals surface area contributed by atoms with Gasteiger partial charge in [0, 0.05) is 0 Å². The maximum atomic E-state index is 2.33. The van der Waals surface area contributed by atoms with Gasteiger partial charge in [-0.3, -0.25) is 0 Å². The summed E-state index contributed by atoms with van der Waals surface area (Å²) < 4.78 is 0. The molecule has 0 unspecified atom stereocenters. The van der Waals surface area contributed by atoms with E-state index in [1.807, 2.05) is 27.7 Å². The molecule has 0 N–H and O–H groups in total. The topological polar surface area (TPSA) is 0 Å². The molecule has 0 aliphatic heterocycles. The molecule has 0 bridgehead atoms. The molecular formula is C26H30. The molecule has 0 aromatic heterocycles. The maximum Gasteiger partial charge on any atom is -0.00963 e. The maximum absolute atomic E-state index is 2.33. The fraction of sp³-hybridized carbons (Fsp3) is 0.231. The molecule has 0 saturated carbocycles. The molecule has 0 fully saturated rings. The van der Waals surface area contributed by atoms with Crippen molar-refractivity contribution < 1.29 is 0 Å². The van der Waals surface area contributed by atoms with E-state index >= 15 is 0 Å². The first kappa shape index (κ1) is 19.7. The Morgan fingerprint density at radius 3 is 1.73 bits per heavy atom. The molecule has 0 atom stereocenters. The van der Waals surface area contributed by atoms with E-state index in [0.717, 1.165) is 0 Å². The SMILES string of the molecule is CC.CC.Cc1ccc2c(c1)cc(-c1ccccc1)c1cc(C)ccc12. The highest BCUT2D eigenvalue weighted by Gasteiger charge is 2.08. The van der Waals surface area contributed by atoms with Crippen LogP contribution in [0.4, 0.5) is 0 Å². The van der Waals surface area contributed by atoms with Gasteiger partial charge in [-0.05, 0) is 52.6 Å². The smallest absolute Gasteiger partial charge is 0.00963 e. The number of fused-ring (bicyclic) bond motifs is 3. The summed E-state index contributed by atoms with van der Waals surface area (Å²) in [7, 11) is 0. The second-order valence-corrected chi connectivity index (χ2v) is 6.06. The molecule has 4 aromatic carbocycles. The first-order valence-electron chi connectivity index (χ1n) is 9.71. The van der Waals surface area contributed by atoms with Crippen molar-refractivity contribution in [2.45, 2.75) is 41.5 Å². The minimum Gasteiger partial charge on any atom is -0.0683 e. The lowest BCUT2D eigenvalue weighted by Crippen LogP contribution is -1.86. The molecule has 0 heterocycles. The summed E-state index contributed by atoms with van der Waals surface area (Å²) in [6.07, 6.45) is 0. The van der Waals surface area contributed by atoms with Crippen LogP contribution in [0.5, 0.6) is 0 Å². The number of hydrogen-bond acceptors (Lipinski definition) is 0. The van der Waals surface area contributed by atoms with E-state index in [2.05, 4.69) is 86.6 Å². The molecule has 0 radical (unpaired) electrons. The Balaban J connectivity index is 0.000000570. The highest BCUT2D eigenvalue weighted by molar-refractivity contribution is 6.14. The summed E-state index contributed by atoms with van der Waals surface area (Å²) in [5.74, 6) is 0. The summed E-state index contributed by atoms with van der Waals surface area (Å²) in [6, 6.07) is 26.5. The average molecular weight is 343 g/mol. The summed E-state index contributed by atoms with van der Waals surface area (Å²) in [4.78, 5) is 0. The molecule has 0 heteroatoms. The van der Waals surface area contributed by atoms with E-state index in [9.17, 15) is 0 Å². The molecule has 0 saturated heterocycles. The Morgan fingerprint density at radius 1 is 0.500 bits per heavy atom. The molecule has 4 rings (SSSR count). The van der Waals surface area contributed by atoms with Gasteiger partial charge in [0.25, 0.3) is 0 Å². The summed E-state index contributed by atoms with van der Waals surface area (Å²) in [5.41, 5.74) is 5.20. The first-order valence-corrected chi connectivity index (χ1v) is 9.71. The van der Waals surface area contributed by atoms with Crippen molar-refractivity contribution in [3.05, 3.63) is 83.9 Å². The zero-order chi connectivity index (χ0) is 19.1. The molecule has 0 nitrogen and oxygen atoms in total. The minimum absolute atomic E-state index is 1.28. The zero-order valence-corrected chi connectivity index (χ0v) is 16.9. The van der Waals surface area contributed by atoms with Crippen LogP contribution in [0.15, 0.2) is 72.8 Å². The largest absolute Gasteiger partial charge is 0.0683 e.